The van der Waals surface area contributed by atoms with E-state index in [4.69, 9.17) is 0 Å². The Morgan fingerprint density at radius 3 is 1.60 bits per heavy atom. The van der Waals surface area contributed by atoms with Crippen molar-refractivity contribution in [2.45, 2.75) is 0 Å². The minimum absolute atomic E-state index is 0.904. The van der Waals surface area contributed by atoms with Gasteiger partial charge in [-0.05, 0) is 0 Å². The zero-order valence-electron chi connectivity index (χ0n) is 2.58. The highest BCUT2D eigenvalue weighted by Gasteiger charge is 1.62. The molecule has 0 amide bonds. The summed E-state index contributed by atoms with van der Waals surface area (Å²) in [5.74, 6) is 0. The normalized spacial score (nSPS) is 7.00. The molecule has 0 aliphatic carbocycles. The lowest BCUT2D eigenvalue weighted by molar-refractivity contribution is 2.35. The third-order valence-electron chi connectivity index (χ3n) is 0.144. The predicted molar refractivity (Wildman–Crippen MR) is 25.3 cm³/mol. The lowest BCUT2D eigenvalue weighted by Gasteiger charge is -1.72. The Kier molecular flexibility index (Phi) is 2.82. The molecule has 21 valence electrons. The molecule has 0 aromatic carbocycles. The van der Waals surface area contributed by atoms with Crippen LogP contribution in [-0.2, 0) is 0 Å². The minimum atomic E-state index is 0.904. The summed E-state index contributed by atoms with van der Waals surface area (Å²) in [6.45, 7) is 0. The van der Waals surface area contributed by atoms with Gasteiger partial charge in [0.05, 0.1) is 30.7 Å². The summed E-state index contributed by atoms with van der Waals surface area (Å²) >= 11 is 0. The van der Waals surface area contributed by atoms with Crippen LogP contribution in [0.25, 0.3) is 0 Å². The summed E-state index contributed by atoms with van der Waals surface area (Å²) in [5, 5.41) is 0. The maximum atomic E-state index is 3.14. The highest BCUT2D eigenvalue weighted by atomic mass is 28.2. The van der Waals surface area contributed by atoms with Crippen LogP contribution in [0.1, 0.15) is 0 Å². The molecule has 0 aliphatic heterocycles. The van der Waals surface area contributed by atoms with E-state index >= 15 is 0 Å². The van der Waals surface area contributed by atoms with Gasteiger partial charge in [0.1, 0.15) is 0 Å². The summed E-state index contributed by atoms with van der Waals surface area (Å²) in [6.07, 6.45) is 0. The molecule has 3 heteroatoms. The maximum Gasteiger partial charge on any atom is 0.0588 e. The molecule has 0 saturated heterocycles. The van der Waals surface area contributed by atoms with Crippen LogP contribution >= 0.6 is 0 Å². The standard InChI is InChI=1S/C2HSi3/c3-1-2(4)5/h1H. The molecule has 0 nitrogen and oxygen atoms in total. The van der Waals surface area contributed by atoms with Crippen molar-refractivity contribution in [3.63, 3.8) is 0 Å². The van der Waals surface area contributed by atoms with Crippen LogP contribution in [0.2, 0.25) is 0 Å². The molecule has 0 aromatic rings. The fourth-order valence-corrected chi connectivity index (χ4v) is 0. The average molecular weight is 109 g/mol. The molecule has 0 fully saturated rings. The first-order valence-electron chi connectivity index (χ1n) is 1.08. The molecule has 0 spiro atoms. The van der Waals surface area contributed by atoms with Gasteiger partial charge in [-0.2, -0.15) is 0 Å². The Morgan fingerprint density at radius 1 is 1.40 bits per heavy atom. The van der Waals surface area contributed by atoms with E-state index in [-0.39, 0.29) is 0 Å². The maximum absolute atomic E-state index is 3.14. The summed E-state index contributed by atoms with van der Waals surface area (Å²) in [7, 11) is 9.38. The van der Waals surface area contributed by atoms with Crippen molar-refractivity contribution in [2.24, 2.45) is 0 Å². The SMILES string of the molecule is [Si]C=C([Si])[Si]. The van der Waals surface area contributed by atoms with Crippen LogP contribution in [0.15, 0.2) is 10.5 Å². The van der Waals surface area contributed by atoms with E-state index in [1.165, 1.54) is 0 Å². The molecule has 0 bridgehead atoms. The van der Waals surface area contributed by atoms with Crippen molar-refractivity contribution < 1.29 is 0 Å². The summed E-state index contributed by atoms with van der Waals surface area (Å²) in [4.78, 5) is 0.904. The van der Waals surface area contributed by atoms with Crippen LogP contribution in [0, 0.1) is 0 Å². The van der Waals surface area contributed by atoms with Gasteiger partial charge in [-0.3, -0.25) is 0 Å². The third kappa shape index (κ3) is 4.39. The van der Waals surface area contributed by atoms with Gasteiger partial charge < -0.3 is 0 Å². The second-order valence-electron chi connectivity index (χ2n) is 0.558. The van der Waals surface area contributed by atoms with Gasteiger partial charge in [0.15, 0.2) is 0 Å². The first-order valence-corrected chi connectivity index (χ1v) is 2.65. The second-order valence-corrected chi connectivity index (χ2v) is 2.42. The van der Waals surface area contributed by atoms with E-state index in [0.717, 1.165) is 4.82 Å². The average Bonchev–Trinajstić information content (AvgIpc) is 1.38. The fraction of sp³-hybridized carbons (Fsp3) is 0. The van der Waals surface area contributed by atoms with Gasteiger partial charge in [0.2, 0.25) is 0 Å². The van der Waals surface area contributed by atoms with Crippen molar-refractivity contribution in [2.75, 3.05) is 0 Å². The quantitative estimate of drug-likeness (QED) is 0.361. The van der Waals surface area contributed by atoms with Gasteiger partial charge in [0, 0.05) is 0 Å². The van der Waals surface area contributed by atoms with Crippen molar-refractivity contribution in [1.82, 2.24) is 0 Å². The number of hydrogen-bond donors (Lipinski definition) is 0. The molecule has 5 heavy (non-hydrogen) atoms. The Labute approximate surface area is 41.9 Å². The Balaban J connectivity index is 3.14. The van der Waals surface area contributed by atoms with E-state index in [0.29, 0.717) is 0 Å². The molecule has 0 rings (SSSR count). The zero-order chi connectivity index (χ0) is 4.28. The molecular weight excluding hydrogens is 108 g/mol. The van der Waals surface area contributed by atoms with Gasteiger partial charge in [-0.25, -0.2) is 0 Å². The Morgan fingerprint density at radius 2 is 1.60 bits per heavy atom. The van der Waals surface area contributed by atoms with E-state index in [1.807, 2.05) is 0 Å². The number of rotatable bonds is 0. The van der Waals surface area contributed by atoms with Gasteiger partial charge in [-0.15, -0.1) is 10.5 Å². The largest absolute Gasteiger partial charge is 0.112 e. The summed E-state index contributed by atoms with van der Waals surface area (Å²) in [5.41, 5.74) is 1.72. The molecule has 0 saturated carbocycles. The highest BCUT2D eigenvalue weighted by Crippen LogP contribution is 1.65. The van der Waals surface area contributed by atoms with Crippen LogP contribution in [0.3, 0.4) is 0 Å². The van der Waals surface area contributed by atoms with E-state index < -0.39 is 0 Å². The topological polar surface area (TPSA) is 0 Å². The molecule has 0 unspecified atom stereocenters. The first-order chi connectivity index (χ1) is 2.27. The lowest BCUT2D eigenvalue weighted by atomic mass is 11.2. The van der Waals surface area contributed by atoms with Gasteiger partial charge >= 0.3 is 0 Å². The van der Waals surface area contributed by atoms with Crippen LogP contribution in [-0.4, -0.2) is 30.7 Å². The minimum Gasteiger partial charge on any atom is -0.112 e. The van der Waals surface area contributed by atoms with Gasteiger partial charge in [-0.1, -0.05) is 0 Å². The van der Waals surface area contributed by atoms with Crippen LogP contribution in [0.4, 0.5) is 0 Å². The van der Waals surface area contributed by atoms with E-state index in [2.05, 4.69) is 30.7 Å². The van der Waals surface area contributed by atoms with Crippen molar-refractivity contribution >= 4 is 30.7 Å². The molecule has 9 radical (unpaired) electrons. The summed E-state index contributed by atoms with van der Waals surface area (Å²) in [6, 6.07) is 0. The summed E-state index contributed by atoms with van der Waals surface area (Å²) < 4.78 is 0. The van der Waals surface area contributed by atoms with E-state index in [1.54, 1.807) is 5.70 Å². The Hall–Kier alpha value is 0.391. The smallest absolute Gasteiger partial charge is 0.0588 e. The lowest BCUT2D eigenvalue weighted by Crippen LogP contribution is -1.74. The monoisotopic (exact) mass is 109 g/mol. The van der Waals surface area contributed by atoms with Crippen LogP contribution in [0.5, 0.6) is 0 Å². The first kappa shape index (κ1) is 5.39. The Bertz CT molecular complexity index is 42.9. The van der Waals surface area contributed by atoms with Crippen molar-refractivity contribution in [3.8, 4) is 0 Å². The fourth-order valence-electron chi connectivity index (χ4n) is 0. The molecule has 0 N–H and O–H groups in total. The second kappa shape index (κ2) is 2.62. The van der Waals surface area contributed by atoms with Crippen molar-refractivity contribution in [3.05, 3.63) is 10.5 Å². The van der Waals surface area contributed by atoms with E-state index in [9.17, 15) is 0 Å². The predicted octanol–water partition coefficient (Wildman–Crippen LogP) is -0.709. The zero-order valence-corrected chi connectivity index (χ0v) is 5.58. The van der Waals surface area contributed by atoms with Crippen LogP contribution < -0.4 is 0 Å². The molecule has 0 aliphatic rings. The molecule has 0 heterocycles. The number of hydrogen-bond acceptors (Lipinski definition) is 0. The highest BCUT2D eigenvalue weighted by molar-refractivity contribution is 6.50. The van der Waals surface area contributed by atoms with Gasteiger partial charge in [0.25, 0.3) is 0 Å². The van der Waals surface area contributed by atoms with Crippen molar-refractivity contribution in [1.29, 1.82) is 0 Å². The molecule has 0 atom stereocenters. The molecule has 0 aromatic heterocycles. The molecular formula is C2HSi3. The third-order valence-corrected chi connectivity index (χ3v) is 1.30.